The Morgan fingerprint density at radius 3 is 2.67 bits per heavy atom. The lowest BCUT2D eigenvalue weighted by Gasteiger charge is -2.11. The maximum Gasteiger partial charge on any atom is 0.356 e. The summed E-state index contributed by atoms with van der Waals surface area (Å²) in [7, 11) is 0. The van der Waals surface area contributed by atoms with Crippen LogP contribution in [0, 0.1) is 5.92 Å². The zero-order valence-electron chi connectivity index (χ0n) is 12.0. The highest BCUT2D eigenvalue weighted by Gasteiger charge is 2.14. The van der Waals surface area contributed by atoms with Gasteiger partial charge in [-0.1, -0.05) is 25.7 Å². The first-order valence-electron chi connectivity index (χ1n) is 7.42. The lowest BCUT2D eigenvalue weighted by Crippen LogP contribution is -2.38. The third-order valence-electron chi connectivity index (χ3n) is 3.82. The van der Waals surface area contributed by atoms with E-state index >= 15 is 0 Å². The van der Waals surface area contributed by atoms with Crippen LogP contribution in [0.5, 0.6) is 0 Å². The summed E-state index contributed by atoms with van der Waals surface area (Å²) in [6.07, 6.45) is 9.16. The molecule has 0 spiro atoms. The average molecular weight is 294 g/mol. The van der Waals surface area contributed by atoms with Crippen LogP contribution in [-0.4, -0.2) is 39.7 Å². The van der Waals surface area contributed by atoms with Crippen LogP contribution in [0.15, 0.2) is 12.5 Å². The quantitative estimate of drug-likeness (QED) is 0.709. The SMILES string of the molecule is O=C(NCCC1CCCC1)NCCn1cnc(C(=O)O)c1. The minimum absolute atomic E-state index is 0.0102. The Morgan fingerprint density at radius 1 is 1.29 bits per heavy atom. The molecule has 21 heavy (non-hydrogen) atoms. The molecule has 0 aromatic carbocycles. The van der Waals surface area contributed by atoms with Crippen LogP contribution >= 0.6 is 0 Å². The minimum atomic E-state index is -1.05. The van der Waals surface area contributed by atoms with Gasteiger partial charge in [-0.25, -0.2) is 14.6 Å². The van der Waals surface area contributed by atoms with E-state index < -0.39 is 5.97 Å². The van der Waals surface area contributed by atoms with E-state index in [-0.39, 0.29) is 11.7 Å². The van der Waals surface area contributed by atoms with E-state index in [0.29, 0.717) is 19.6 Å². The van der Waals surface area contributed by atoms with Gasteiger partial charge in [-0.3, -0.25) is 0 Å². The first kappa shape index (κ1) is 15.3. The summed E-state index contributed by atoms with van der Waals surface area (Å²) < 4.78 is 1.64. The van der Waals surface area contributed by atoms with Crippen molar-refractivity contribution in [2.75, 3.05) is 13.1 Å². The van der Waals surface area contributed by atoms with E-state index in [1.54, 1.807) is 4.57 Å². The summed E-state index contributed by atoms with van der Waals surface area (Å²) in [6, 6.07) is -0.174. The lowest BCUT2D eigenvalue weighted by atomic mass is 10.0. The molecular formula is C14H22N4O3. The fourth-order valence-electron chi connectivity index (χ4n) is 2.64. The van der Waals surface area contributed by atoms with Crippen LogP contribution < -0.4 is 10.6 Å². The maximum absolute atomic E-state index is 11.6. The molecule has 3 N–H and O–H groups in total. The van der Waals surface area contributed by atoms with Gasteiger partial charge >= 0.3 is 12.0 Å². The van der Waals surface area contributed by atoms with Gasteiger partial charge in [0.25, 0.3) is 0 Å². The highest BCUT2D eigenvalue weighted by atomic mass is 16.4. The molecule has 0 bridgehead atoms. The van der Waals surface area contributed by atoms with E-state index in [0.717, 1.165) is 12.3 Å². The van der Waals surface area contributed by atoms with Gasteiger partial charge < -0.3 is 20.3 Å². The average Bonchev–Trinajstić information content (AvgIpc) is 3.09. The number of carboxylic acids is 1. The number of urea groups is 1. The second-order valence-corrected chi connectivity index (χ2v) is 5.42. The first-order valence-corrected chi connectivity index (χ1v) is 7.42. The van der Waals surface area contributed by atoms with Crippen molar-refractivity contribution in [1.82, 2.24) is 20.2 Å². The summed E-state index contributed by atoms with van der Waals surface area (Å²) >= 11 is 0. The van der Waals surface area contributed by atoms with Crippen LogP contribution in [0.3, 0.4) is 0 Å². The molecule has 1 aliphatic rings. The van der Waals surface area contributed by atoms with Crippen molar-refractivity contribution in [2.45, 2.75) is 38.6 Å². The standard InChI is InChI=1S/C14H22N4O3/c19-13(20)12-9-18(10-17-12)8-7-16-14(21)15-6-5-11-3-1-2-4-11/h9-11H,1-8H2,(H,19,20)(H2,15,16,21). The van der Waals surface area contributed by atoms with E-state index in [1.165, 1.54) is 38.2 Å². The van der Waals surface area contributed by atoms with Crippen molar-refractivity contribution in [3.8, 4) is 0 Å². The number of aromatic nitrogens is 2. The van der Waals surface area contributed by atoms with E-state index in [4.69, 9.17) is 5.11 Å². The zero-order valence-corrected chi connectivity index (χ0v) is 12.0. The Balaban J connectivity index is 1.56. The van der Waals surface area contributed by atoms with Crippen LogP contribution in [0.4, 0.5) is 4.79 Å². The van der Waals surface area contributed by atoms with Gasteiger partial charge in [0, 0.05) is 25.8 Å². The third-order valence-corrected chi connectivity index (χ3v) is 3.82. The summed E-state index contributed by atoms with van der Waals surface area (Å²) in [4.78, 5) is 26.0. The number of carboxylic acid groups (broad SMARTS) is 1. The lowest BCUT2D eigenvalue weighted by molar-refractivity contribution is 0.0691. The van der Waals surface area contributed by atoms with E-state index in [1.807, 2.05) is 0 Å². The van der Waals surface area contributed by atoms with Gasteiger partial charge in [-0.2, -0.15) is 0 Å². The molecule has 0 aliphatic heterocycles. The Bertz CT molecular complexity index is 480. The Morgan fingerprint density at radius 2 is 2.00 bits per heavy atom. The number of carbonyl (C=O) groups is 2. The predicted octanol–water partition coefficient (Wildman–Crippen LogP) is 1.46. The second-order valence-electron chi connectivity index (χ2n) is 5.42. The first-order chi connectivity index (χ1) is 10.1. The van der Waals surface area contributed by atoms with Crippen molar-refractivity contribution in [1.29, 1.82) is 0 Å². The summed E-state index contributed by atoms with van der Waals surface area (Å²) in [5.41, 5.74) is 0.0102. The number of amides is 2. The molecule has 0 unspecified atom stereocenters. The number of nitrogens with zero attached hydrogens (tertiary/aromatic N) is 2. The van der Waals surface area contributed by atoms with E-state index in [2.05, 4.69) is 15.6 Å². The molecule has 7 heteroatoms. The van der Waals surface area contributed by atoms with E-state index in [9.17, 15) is 9.59 Å². The minimum Gasteiger partial charge on any atom is -0.476 e. The number of aromatic carboxylic acids is 1. The molecule has 7 nitrogen and oxygen atoms in total. The molecule has 2 amide bonds. The molecular weight excluding hydrogens is 272 g/mol. The molecule has 0 radical (unpaired) electrons. The maximum atomic E-state index is 11.6. The fraction of sp³-hybridized carbons (Fsp3) is 0.643. The summed E-state index contributed by atoms with van der Waals surface area (Å²) in [5.74, 6) is -0.281. The monoisotopic (exact) mass is 294 g/mol. The third kappa shape index (κ3) is 5.09. The number of hydrogen-bond acceptors (Lipinski definition) is 3. The Hall–Kier alpha value is -2.05. The molecule has 2 rings (SSSR count). The van der Waals surface area contributed by atoms with Gasteiger partial charge in [0.2, 0.25) is 0 Å². The van der Waals surface area contributed by atoms with Crippen LogP contribution in [0.1, 0.15) is 42.6 Å². The van der Waals surface area contributed by atoms with Crippen LogP contribution in [0.25, 0.3) is 0 Å². The fourth-order valence-corrected chi connectivity index (χ4v) is 2.64. The molecule has 1 aromatic heterocycles. The van der Waals surface area contributed by atoms with Gasteiger partial charge in [0.05, 0.1) is 6.33 Å². The van der Waals surface area contributed by atoms with Crippen molar-refractivity contribution in [3.63, 3.8) is 0 Å². The number of nitrogens with one attached hydrogen (secondary N) is 2. The van der Waals surface area contributed by atoms with Crippen molar-refractivity contribution >= 4 is 12.0 Å². The molecule has 0 saturated heterocycles. The predicted molar refractivity (Wildman–Crippen MR) is 77.2 cm³/mol. The van der Waals surface area contributed by atoms with Gasteiger partial charge in [0.1, 0.15) is 0 Å². The second kappa shape index (κ2) is 7.66. The molecule has 1 saturated carbocycles. The molecule has 1 aromatic rings. The van der Waals surface area contributed by atoms with Crippen molar-refractivity contribution in [3.05, 3.63) is 18.2 Å². The van der Waals surface area contributed by atoms with Crippen LogP contribution in [-0.2, 0) is 6.54 Å². The van der Waals surface area contributed by atoms with Crippen LogP contribution in [0.2, 0.25) is 0 Å². The number of carbonyl (C=O) groups excluding carboxylic acids is 1. The number of imidazole rings is 1. The van der Waals surface area contributed by atoms with Gasteiger partial charge in [-0.15, -0.1) is 0 Å². The Kier molecular flexibility index (Phi) is 5.59. The zero-order chi connectivity index (χ0) is 15.1. The van der Waals surface area contributed by atoms with Gasteiger partial charge in [-0.05, 0) is 12.3 Å². The van der Waals surface area contributed by atoms with Crippen molar-refractivity contribution in [2.24, 2.45) is 5.92 Å². The number of rotatable bonds is 7. The summed E-state index contributed by atoms with van der Waals surface area (Å²) in [6.45, 7) is 1.64. The summed E-state index contributed by atoms with van der Waals surface area (Å²) in [5, 5.41) is 14.3. The molecule has 1 heterocycles. The highest BCUT2D eigenvalue weighted by molar-refractivity contribution is 5.84. The smallest absolute Gasteiger partial charge is 0.356 e. The topological polar surface area (TPSA) is 96.3 Å². The molecule has 1 fully saturated rings. The molecule has 116 valence electrons. The normalized spacial score (nSPS) is 15.0. The Labute approximate surface area is 123 Å². The highest BCUT2D eigenvalue weighted by Crippen LogP contribution is 2.26. The molecule has 0 atom stereocenters. The number of hydrogen-bond donors (Lipinski definition) is 3. The van der Waals surface area contributed by atoms with Crippen molar-refractivity contribution < 1.29 is 14.7 Å². The molecule has 1 aliphatic carbocycles. The van der Waals surface area contributed by atoms with Gasteiger partial charge in [0.15, 0.2) is 5.69 Å². The largest absolute Gasteiger partial charge is 0.476 e.